The Labute approximate surface area is 206 Å². The summed E-state index contributed by atoms with van der Waals surface area (Å²) in [6, 6.07) is 42.6. The molecule has 0 aromatic heterocycles. The second kappa shape index (κ2) is 9.59. The lowest BCUT2D eigenvalue weighted by molar-refractivity contribution is 0.570. The molecule has 2 heterocycles. The van der Waals surface area contributed by atoms with Crippen molar-refractivity contribution in [1.29, 1.82) is 0 Å². The maximum absolute atomic E-state index is 5.16. The molecule has 4 heteroatoms. The van der Waals surface area contributed by atoms with Gasteiger partial charge in [-0.05, 0) is 22.3 Å². The van der Waals surface area contributed by atoms with Crippen LogP contribution in [0.25, 0.3) is 0 Å². The van der Waals surface area contributed by atoms with Crippen molar-refractivity contribution in [3.8, 4) is 0 Å². The van der Waals surface area contributed by atoms with Gasteiger partial charge in [-0.2, -0.15) is 0 Å². The fourth-order valence-electron chi connectivity index (χ4n) is 5.11. The van der Waals surface area contributed by atoms with E-state index in [0.717, 1.165) is 11.7 Å². The lowest BCUT2D eigenvalue weighted by atomic mass is 9.95. The van der Waals surface area contributed by atoms with Gasteiger partial charge in [-0.15, -0.1) is 0 Å². The van der Waals surface area contributed by atoms with Crippen LogP contribution in [0.2, 0.25) is 0 Å². The van der Waals surface area contributed by atoms with Gasteiger partial charge in [0.25, 0.3) is 0 Å². The summed E-state index contributed by atoms with van der Waals surface area (Å²) in [7, 11) is 0. The molecule has 4 aromatic rings. The lowest BCUT2D eigenvalue weighted by Gasteiger charge is -2.20. The van der Waals surface area contributed by atoms with E-state index in [1.807, 2.05) is 0 Å². The minimum Gasteiger partial charge on any atom is -0.364 e. The normalized spacial score (nSPS) is 23.2. The zero-order valence-electron chi connectivity index (χ0n) is 19.5. The van der Waals surface area contributed by atoms with Crippen molar-refractivity contribution >= 4 is 11.7 Å². The predicted molar refractivity (Wildman–Crippen MR) is 142 cm³/mol. The van der Waals surface area contributed by atoms with Gasteiger partial charge in [0.05, 0.1) is 18.5 Å². The van der Waals surface area contributed by atoms with E-state index >= 15 is 0 Å². The highest BCUT2D eigenvalue weighted by Crippen LogP contribution is 2.39. The van der Waals surface area contributed by atoms with Crippen LogP contribution < -0.4 is 10.6 Å². The van der Waals surface area contributed by atoms with Gasteiger partial charge in [-0.3, -0.25) is 9.98 Å². The Kier molecular flexibility index (Phi) is 5.85. The summed E-state index contributed by atoms with van der Waals surface area (Å²) in [6.07, 6.45) is 0.652. The molecule has 0 radical (unpaired) electrons. The van der Waals surface area contributed by atoms with Crippen LogP contribution in [0.15, 0.2) is 131 Å². The van der Waals surface area contributed by atoms with E-state index in [2.05, 4.69) is 132 Å². The quantitative estimate of drug-likeness (QED) is 0.355. The fraction of sp³-hybridized carbons (Fsp3) is 0.161. The van der Waals surface area contributed by atoms with Gasteiger partial charge in [0.1, 0.15) is 23.8 Å². The Bertz CT molecular complexity index is 1210. The van der Waals surface area contributed by atoms with Crippen LogP contribution in [0, 0.1) is 0 Å². The third-order valence-electron chi connectivity index (χ3n) is 6.80. The van der Waals surface area contributed by atoms with Gasteiger partial charge < -0.3 is 10.6 Å². The first kappa shape index (κ1) is 21.4. The number of amidine groups is 2. The van der Waals surface area contributed by atoms with Crippen LogP contribution in [0.3, 0.4) is 0 Å². The van der Waals surface area contributed by atoms with Crippen LogP contribution in [0.4, 0.5) is 0 Å². The van der Waals surface area contributed by atoms with Gasteiger partial charge in [0.2, 0.25) is 0 Å². The largest absolute Gasteiger partial charge is 0.364 e. The minimum atomic E-state index is 0.0328. The molecule has 2 aliphatic rings. The molecule has 4 nitrogen and oxygen atoms in total. The van der Waals surface area contributed by atoms with E-state index in [1.165, 1.54) is 22.3 Å². The second-order valence-corrected chi connectivity index (χ2v) is 9.10. The SMILES string of the molecule is c1ccc([C@H]2N=C(CC3=N[C@H](c4ccccc4)[C@@H](c4ccccc4)N3)N[C@@H]2c2ccccc2)cc1. The van der Waals surface area contributed by atoms with Crippen molar-refractivity contribution in [2.24, 2.45) is 9.98 Å². The number of hydrogen-bond donors (Lipinski definition) is 2. The van der Waals surface area contributed by atoms with Crippen molar-refractivity contribution in [2.45, 2.75) is 30.6 Å². The van der Waals surface area contributed by atoms with E-state index in [1.54, 1.807) is 0 Å². The van der Waals surface area contributed by atoms with Crippen LogP contribution >= 0.6 is 0 Å². The number of benzene rings is 4. The van der Waals surface area contributed by atoms with E-state index in [9.17, 15) is 0 Å². The molecule has 0 fully saturated rings. The molecular formula is C31H28N4. The molecule has 172 valence electrons. The smallest absolute Gasteiger partial charge is 0.105 e. The number of nitrogens with zero attached hydrogens (tertiary/aromatic N) is 2. The molecule has 35 heavy (non-hydrogen) atoms. The van der Waals surface area contributed by atoms with E-state index in [-0.39, 0.29) is 24.2 Å². The van der Waals surface area contributed by atoms with Crippen molar-refractivity contribution in [1.82, 2.24) is 10.6 Å². The third-order valence-corrected chi connectivity index (χ3v) is 6.80. The Hall–Kier alpha value is -4.18. The molecule has 4 atom stereocenters. The highest BCUT2D eigenvalue weighted by Gasteiger charge is 2.35. The summed E-state index contributed by atoms with van der Waals surface area (Å²) in [4.78, 5) is 10.3. The van der Waals surface area contributed by atoms with Crippen LogP contribution in [0.5, 0.6) is 0 Å². The third kappa shape index (κ3) is 4.47. The fourth-order valence-corrected chi connectivity index (χ4v) is 5.11. The standard InChI is InChI=1S/C31H28N4/c1-5-13-22(14-6-1)28-29(23-15-7-2-8-16-23)33-26(32-28)21-27-34-30(24-17-9-3-10-18-24)31(35-27)25-19-11-4-12-20-25/h1-20,28-31H,21H2,(H,32,33)(H,34,35)/t28-,29-,30-,31-/m1/s1. The molecule has 2 N–H and O–H groups in total. The number of rotatable bonds is 6. The first-order chi connectivity index (χ1) is 17.3. The molecule has 4 aromatic carbocycles. The number of aliphatic imine (C=N–C) groups is 2. The summed E-state index contributed by atoms with van der Waals surface area (Å²) in [5, 5.41) is 7.44. The summed E-state index contributed by atoms with van der Waals surface area (Å²) >= 11 is 0. The molecule has 0 saturated heterocycles. The molecule has 2 aliphatic heterocycles. The Morgan fingerprint density at radius 2 is 0.743 bits per heavy atom. The molecule has 0 bridgehead atoms. The maximum Gasteiger partial charge on any atom is 0.105 e. The van der Waals surface area contributed by atoms with E-state index < -0.39 is 0 Å². The van der Waals surface area contributed by atoms with Crippen molar-refractivity contribution in [3.05, 3.63) is 144 Å². The van der Waals surface area contributed by atoms with E-state index in [0.29, 0.717) is 6.42 Å². The zero-order chi connectivity index (χ0) is 23.5. The van der Waals surface area contributed by atoms with Crippen molar-refractivity contribution < 1.29 is 0 Å². The summed E-state index contributed by atoms with van der Waals surface area (Å²) < 4.78 is 0. The molecule has 0 saturated carbocycles. The van der Waals surface area contributed by atoms with Gasteiger partial charge >= 0.3 is 0 Å². The van der Waals surface area contributed by atoms with Gasteiger partial charge in [0, 0.05) is 0 Å². The minimum absolute atomic E-state index is 0.0328. The first-order valence-electron chi connectivity index (χ1n) is 12.2. The topological polar surface area (TPSA) is 48.8 Å². The number of hydrogen-bond acceptors (Lipinski definition) is 4. The van der Waals surface area contributed by atoms with Crippen molar-refractivity contribution in [2.75, 3.05) is 0 Å². The molecule has 6 rings (SSSR count). The van der Waals surface area contributed by atoms with Gasteiger partial charge in [-0.25, -0.2) is 0 Å². The summed E-state index contributed by atoms with van der Waals surface area (Å²) in [5.41, 5.74) is 4.92. The molecule has 0 unspecified atom stereocenters. The predicted octanol–water partition coefficient (Wildman–Crippen LogP) is 6.35. The van der Waals surface area contributed by atoms with Crippen LogP contribution in [-0.4, -0.2) is 11.7 Å². The van der Waals surface area contributed by atoms with Gasteiger partial charge in [-0.1, -0.05) is 121 Å². The summed E-state index contributed by atoms with van der Waals surface area (Å²) in [5.74, 6) is 1.94. The van der Waals surface area contributed by atoms with Gasteiger partial charge in [0.15, 0.2) is 0 Å². The highest BCUT2D eigenvalue weighted by atomic mass is 15.2. The van der Waals surface area contributed by atoms with E-state index in [4.69, 9.17) is 9.98 Å². The average molecular weight is 457 g/mol. The van der Waals surface area contributed by atoms with Crippen LogP contribution in [-0.2, 0) is 0 Å². The molecule has 0 aliphatic carbocycles. The molecular weight excluding hydrogens is 428 g/mol. The monoisotopic (exact) mass is 456 g/mol. The Morgan fingerprint density at radius 1 is 0.429 bits per heavy atom. The summed E-state index contributed by atoms with van der Waals surface area (Å²) in [6.45, 7) is 0. The first-order valence-corrected chi connectivity index (χ1v) is 12.2. The second-order valence-electron chi connectivity index (χ2n) is 9.10. The van der Waals surface area contributed by atoms with Crippen molar-refractivity contribution in [3.63, 3.8) is 0 Å². The van der Waals surface area contributed by atoms with Crippen LogP contribution in [0.1, 0.15) is 52.8 Å². The average Bonchev–Trinajstić information content (AvgIpc) is 3.56. The molecule has 0 amide bonds. The lowest BCUT2D eigenvalue weighted by Crippen LogP contribution is -2.31. The maximum atomic E-state index is 5.16. The Morgan fingerprint density at radius 3 is 1.09 bits per heavy atom. The zero-order valence-corrected chi connectivity index (χ0v) is 19.5. The molecule has 0 spiro atoms. The Balaban J connectivity index is 1.29. The highest BCUT2D eigenvalue weighted by molar-refractivity contribution is 6.04. The number of nitrogens with one attached hydrogen (secondary N) is 2.